The van der Waals surface area contributed by atoms with Crippen molar-refractivity contribution in [1.29, 1.82) is 0 Å². The maximum Gasteiger partial charge on any atom is 0.261 e. The lowest BCUT2D eigenvalue weighted by atomic mass is 10.0. The van der Waals surface area contributed by atoms with Gasteiger partial charge in [-0.3, -0.25) is 9.59 Å². The Hall–Kier alpha value is -3.12. The number of carbonyl (C=O) groups excluding carboxylic acids is 2. The van der Waals surface area contributed by atoms with Crippen molar-refractivity contribution in [2.75, 3.05) is 13.2 Å². The van der Waals surface area contributed by atoms with Crippen LogP contribution in [-0.4, -0.2) is 35.9 Å². The standard InChI is InChI=1S/C29H33BrN2O3/c1-4-31-29(34)27(18-22-8-6-5-7-9-22)32(19-23-10-14-25(30)15-11-23)28(33)20-35-26-16-12-24(13-17-26)21(2)3/h5-17,21,27H,4,18-20H2,1-3H3,(H,31,34). The molecule has 0 saturated heterocycles. The number of ether oxygens (including phenoxy) is 1. The third kappa shape index (κ3) is 7.96. The minimum atomic E-state index is -0.666. The fourth-order valence-electron chi connectivity index (χ4n) is 3.81. The van der Waals surface area contributed by atoms with Gasteiger partial charge in [-0.15, -0.1) is 0 Å². The summed E-state index contributed by atoms with van der Waals surface area (Å²) in [6.45, 7) is 6.78. The topological polar surface area (TPSA) is 58.6 Å². The summed E-state index contributed by atoms with van der Waals surface area (Å²) in [6.07, 6.45) is 0.415. The zero-order valence-corrected chi connectivity index (χ0v) is 22.1. The minimum absolute atomic E-state index is 0.151. The van der Waals surface area contributed by atoms with Crippen molar-refractivity contribution in [2.45, 2.75) is 45.7 Å². The highest BCUT2D eigenvalue weighted by Gasteiger charge is 2.30. The Morgan fingerprint density at radius 2 is 1.57 bits per heavy atom. The van der Waals surface area contributed by atoms with E-state index in [1.807, 2.05) is 85.8 Å². The van der Waals surface area contributed by atoms with Gasteiger partial charge in [0.05, 0.1) is 0 Å². The molecule has 0 bridgehead atoms. The van der Waals surface area contributed by atoms with Gasteiger partial charge in [0.15, 0.2) is 6.61 Å². The number of carbonyl (C=O) groups is 2. The lowest BCUT2D eigenvalue weighted by molar-refractivity contribution is -0.142. The van der Waals surface area contributed by atoms with E-state index in [0.29, 0.717) is 31.2 Å². The van der Waals surface area contributed by atoms with E-state index in [1.54, 1.807) is 4.90 Å². The number of halogens is 1. The molecule has 0 fully saturated rings. The summed E-state index contributed by atoms with van der Waals surface area (Å²) >= 11 is 3.46. The Bertz CT molecular complexity index is 1080. The van der Waals surface area contributed by atoms with Crippen molar-refractivity contribution in [1.82, 2.24) is 10.2 Å². The van der Waals surface area contributed by atoms with Gasteiger partial charge in [-0.1, -0.05) is 84.4 Å². The number of amides is 2. The second-order valence-electron chi connectivity index (χ2n) is 8.76. The molecule has 3 rings (SSSR count). The van der Waals surface area contributed by atoms with Crippen molar-refractivity contribution in [3.8, 4) is 5.75 Å². The second-order valence-corrected chi connectivity index (χ2v) is 9.68. The summed E-state index contributed by atoms with van der Waals surface area (Å²) in [5.74, 6) is 0.628. The van der Waals surface area contributed by atoms with E-state index >= 15 is 0 Å². The van der Waals surface area contributed by atoms with Crippen molar-refractivity contribution >= 4 is 27.7 Å². The Labute approximate surface area is 216 Å². The Balaban J connectivity index is 1.85. The van der Waals surface area contributed by atoms with Crippen LogP contribution in [-0.2, 0) is 22.6 Å². The third-order valence-corrected chi connectivity index (χ3v) is 6.33. The number of rotatable bonds is 11. The number of nitrogens with one attached hydrogen (secondary N) is 1. The maximum absolute atomic E-state index is 13.5. The highest BCUT2D eigenvalue weighted by Crippen LogP contribution is 2.20. The van der Waals surface area contributed by atoms with Crippen LogP contribution >= 0.6 is 15.9 Å². The summed E-state index contributed by atoms with van der Waals surface area (Å²) in [6, 6.07) is 24.7. The molecule has 0 heterocycles. The van der Waals surface area contributed by atoms with Gasteiger partial charge in [0.25, 0.3) is 5.91 Å². The first-order valence-corrected chi connectivity index (χ1v) is 12.7. The van der Waals surface area contributed by atoms with Gasteiger partial charge in [0, 0.05) is 24.0 Å². The van der Waals surface area contributed by atoms with Crippen LogP contribution in [0.25, 0.3) is 0 Å². The predicted octanol–water partition coefficient (Wildman–Crippen LogP) is 5.73. The van der Waals surface area contributed by atoms with E-state index in [-0.39, 0.29) is 18.4 Å². The van der Waals surface area contributed by atoms with Gasteiger partial charge in [0.2, 0.25) is 5.91 Å². The van der Waals surface area contributed by atoms with Crippen LogP contribution in [0.3, 0.4) is 0 Å². The molecule has 1 atom stereocenters. The highest BCUT2D eigenvalue weighted by atomic mass is 79.9. The summed E-state index contributed by atoms with van der Waals surface area (Å²) < 4.78 is 6.81. The molecule has 3 aromatic rings. The molecular weight excluding hydrogens is 504 g/mol. The molecule has 0 aliphatic carbocycles. The lowest BCUT2D eigenvalue weighted by Crippen LogP contribution is -2.51. The summed E-state index contributed by atoms with van der Waals surface area (Å²) in [7, 11) is 0. The third-order valence-electron chi connectivity index (χ3n) is 5.80. The van der Waals surface area contributed by atoms with E-state index in [1.165, 1.54) is 5.56 Å². The van der Waals surface area contributed by atoms with Crippen molar-refractivity contribution < 1.29 is 14.3 Å². The van der Waals surface area contributed by atoms with E-state index in [9.17, 15) is 9.59 Å². The smallest absolute Gasteiger partial charge is 0.261 e. The molecular formula is C29H33BrN2O3. The van der Waals surface area contributed by atoms with Gasteiger partial charge in [-0.2, -0.15) is 0 Å². The molecule has 1 N–H and O–H groups in total. The number of hydrogen-bond donors (Lipinski definition) is 1. The molecule has 3 aromatic carbocycles. The summed E-state index contributed by atoms with van der Waals surface area (Å²) in [5.41, 5.74) is 3.13. The van der Waals surface area contributed by atoms with Crippen molar-refractivity contribution in [3.05, 3.63) is 100 Å². The van der Waals surface area contributed by atoms with Gasteiger partial charge in [-0.05, 0) is 53.8 Å². The van der Waals surface area contributed by atoms with Crippen LogP contribution in [0, 0.1) is 0 Å². The molecule has 0 radical (unpaired) electrons. The molecule has 0 aliphatic heterocycles. The minimum Gasteiger partial charge on any atom is -0.484 e. The Kier molecular flexibility index (Phi) is 9.91. The van der Waals surface area contributed by atoms with Gasteiger partial charge in [-0.25, -0.2) is 0 Å². The molecule has 2 amide bonds. The van der Waals surface area contributed by atoms with Gasteiger partial charge in [0.1, 0.15) is 11.8 Å². The molecule has 0 spiro atoms. The summed E-state index contributed by atoms with van der Waals surface area (Å²) in [4.78, 5) is 28.3. The van der Waals surface area contributed by atoms with E-state index < -0.39 is 6.04 Å². The largest absolute Gasteiger partial charge is 0.484 e. The number of likely N-dealkylation sites (N-methyl/N-ethyl adjacent to an activating group) is 1. The van der Waals surface area contributed by atoms with Crippen LogP contribution in [0.4, 0.5) is 0 Å². The maximum atomic E-state index is 13.5. The molecule has 184 valence electrons. The quantitative estimate of drug-likeness (QED) is 0.340. The number of benzene rings is 3. The number of nitrogens with zero attached hydrogens (tertiary/aromatic N) is 1. The number of hydrogen-bond acceptors (Lipinski definition) is 3. The predicted molar refractivity (Wildman–Crippen MR) is 143 cm³/mol. The van der Waals surface area contributed by atoms with Gasteiger partial charge < -0.3 is 15.0 Å². The normalized spacial score (nSPS) is 11.7. The van der Waals surface area contributed by atoms with Crippen LogP contribution in [0.5, 0.6) is 5.75 Å². The highest BCUT2D eigenvalue weighted by molar-refractivity contribution is 9.10. The first-order valence-electron chi connectivity index (χ1n) is 12.0. The molecule has 0 aliphatic rings. The molecule has 0 saturated carbocycles. The fourth-order valence-corrected chi connectivity index (χ4v) is 4.07. The lowest BCUT2D eigenvalue weighted by Gasteiger charge is -2.31. The molecule has 6 heteroatoms. The molecule has 0 aromatic heterocycles. The van der Waals surface area contributed by atoms with E-state index in [2.05, 4.69) is 35.1 Å². The Morgan fingerprint density at radius 1 is 0.914 bits per heavy atom. The van der Waals surface area contributed by atoms with Crippen LogP contribution in [0.1, 0.15) is 43.4 Å². The van der Waals surface area contributed by atoms with Crippen molar-refractivity contribution in [2.24, 2.45) is 0 Å². The van der Waals surface area contributed by atoms with E-state index in [4.69, 9.17) is 4.74 Å². The second kappa shape index (κ2) is 13.1. The zero-order chi connectivity index (χ0) is 25.2. The van der Waals surface area contributed by atoms with E-state index in [0.717, 1.165) is 15.6 Å². The van der Waals surface area contributed by atoms with Crippen LogP contribution in [0.2, 0.25) is 0 Å². The monoisotopic (exact) mass is 536 g/mol. The van der Waals surface area contributed by atoms with Gasteiger partial charge >= 0.3 is 0 Å². The van der Waals surface area contributed by atoms with Crippen molar-refractivity contribution in [3.63, 3.8) is 0 Å². The fraction of sp³-hybridized carbons (Fsp3) is 0.310. The molecule has 5 nitrogen and oxygen atoms in total. The first-order chi connectivity index (χ1) is 16.9. The first kappa shape index (κ1) is 26.5. The van der Waals surface area contributed by atoms with Crippen LogP contribution < -0.4 is 10.1 Å². The SMILES string of the molecule is CCNC(=O)C(Cc1ccccc1)N(Cc1ccc(Br)cc1)C(=O)COc1ccc(C(C)C)cc1. The van der Waals surface area contributed by atoms with Crippen LogP contribution in [0.15, 0.2) is 83.3 Å². The zero-order valence-electron chi connectivity index (χ0n) is 20.5. The molecule has 35 heavy (non-hydrogen) atoms. The Morgan fingerprint density at radius 3 is 2.17 bits per heavy atom. The average Bonchev–Trinajstić information content (AvgIpc) is 2.86. The molecule has 1 unspecified atom stereocenters. The summed E-state index contributed by atoms with van der Waals surface area (Å²) in [5, 5.41) is 2.91. The average molecular weight is 537 g/mol.